The van der Waals surface area contributed by atoms with Gasteiger partial charge < -0.3 is 0 Å². The molecule has 2 atom stereocenters. The first-order valence-electron chi connectivity index (χ1n) is 2.89. The van der Waals surface area contributed by atoms with Gasteiger partial charge in [-0.3, -0.25) is 4.79 Å². The van der Waals surface area contributed by atoms with Crippen molar-refractivity contribution in [2.24, 2.45) is 5.92 Å². The fourth-order valence-electron chi connectivity index (χ4n) is 0.990. The Morgan fingerprint density at radius 2 is 2.25 bits per heavy atom. The van der Waals surface area contributed by atoms with Crippen LogP contribution < -0.4 is 0 Å². The Morgan fingerprint density at radius 1 is 1.62 bits per heavy atom. The lowest BCUT2D eigenvalue weighted by Crippen LogP contribution is -2.11. The molecule has 0 saturated heterocycles. The molecule has 1 fully saturated rings. The number of carbonyl (C=O) groups is 1. The molecule has 2 heteroatoms. The van der Waals surface area contributed by atoms with Crippen molar-refractivity contribution in [2.75, 3.05) is 0 Å². The summed E-state index contributed by atoms with van der Waals surface area (Å²) in [5, 5.41) is 0. The third kappa shape index (κ3) is 0.746. The Labute approximate surface area is 47.9 Å². The molecule has 1 rings (SSSR count). The molecule has 0 spiro atoms. The maximum absolute atomic E-state index is 12.2. The van der Waals surface area contributed by atoms with Gasteiger partial charge in [0.1, 0.15) is 0 Å². The van der Waals surface area contributed by atoms with Crippen molar-refractivity contribution >= 4 is 5.78 Å². The summed E-state index contributed by atoms with van der Waals surface area (Å²) < 4.78 is 12.2. The average molecular weight is 116 g/mol. The predicted octanol–water partition coefficient (Wildman–Crippen LogP) is 1.32. The van der Waals surface area contributed by atoms with Crippen molar-refractivity contribution in [3.05, 3.63) is 0 Å². The maximum atomic E-state index is 12.2. The van der Waals surface area contributed by atoms with Crippen LogP contribution in [-0.2, 0) is 4.79 Å². The fourth-order valence-corrected chi connectivity index (χ4v) is 0.990. The second-order valence-corrected chi connectivity index (χ2v) is 2.35. The summed E-state index contributed by atoms with van der Waals surface area (Å²) in [5.41, 5.74) is 0. The lowest BCUT2D eigenvalue weighted by molar-refractivity contribution is -0.124. The second kappa shape index (κ2) is 1.84. The van der Waals surface area contributed by atoms with Crippen molar-refractivity contribution in [1.82, 2.24) is 0 Å². The van der Waals surface area contributed by atoms with E-state index in [1.165, 1.54) is 0 Å². The van der Waals surface area contributed by atoms with Gasteiger partial charge in [-0.2, -0.15) is 0 Å². The molecule has 46 valence electrons. The van der Waals surface area contributed by atoms with Crippen molar-refractivity contribution in [1.29, 1.82) is 0 Å². The molecule has 1 aliphatic rings. The Hall–Kier alpha value is -0.400. The van der Waals surface area contributed by atoms with Crippen LogP contribution in [0.4, 0.5) is 4.39 Å². The van der Waals surface area contributed by atoms with Gasteiger partial charge in [0, 0.05) is 5.92 Å². The monoisotopic (exact) mass is 116 g/mol. The Morgan fingerprint density at radius 3 is 2.38 bits per heavy atom. The number of ketones is 1. The first kappa shape index (κ1) is 5.73. The van der Waals surface area contributed by atoms with E-state index in [4.69, 9.17) is 0 Å². The van der Waals surface area contributed by atoms with E-state index in [0.29, 0.717) is 6.42 Å². The van der Waals surface area contributed by atoms with E-state index < -0.39 is 6.17 Å². The predicted molar refractivity (Wildman–Crippen MR) is 28.3 cm³/mol. The summed E-state index contributed by atoms with van der Waals surface area (Å²) in [6, 6.07) is 0. The third-order valence-electron chi connectivity index (χ3n) is 1.65. The Kier molecular flexibility index (Phi) is 1.32. The fraction of sp³-hybridized carbons (Fsp3) is 0.833. The molecule has 2 unspecified atom stereocenters. The Bertz CT molecular complexity index is 99.1. The van der Waals surface area contributed by atoms with E-state index in [1.807, 2.05) is 0 Å². The number of carbonyl (C=O) groups excluding carboxylic acids is 1. The summed E-state index contributed by atoms with van der Waals surface area (Å²) in [5.74, 6) is -0.227. The molecule has 1 aliphatic carbocycles. The van der Waals surface area contributed by atoms with Crippen LogP contribution in [0.2, 0.25) is 0 Å². The molecule has 0 aliphatic heterocycles. The highest BCUT2D eigenvalue weighted by atomic mass is 19.1. The van der Waals surface area contributed by atoms with E-state index in [9.17, 15) is 9.18 Å². The highest BCUT2D eigenvalue weighted by Gasteiger charge is 2.30. The van der Waals surface area contributed by atoms with Crippen molar-refractivity contribution in [2.45, 2.75) is 25.9 Å². The van der Waals surface area contributed by atoms with Gasteiger partial charge in [-0.25, -0.2) is 4.39 Å². The van der Waals surface area contributed by atoms with Gasteiger partial charge >= 0.3 is 0 Å². The van der Waals surface area contributed by atoms with Gasteiger partial charge in [-0.15, -0.1) is 0 Å². The van der Waals surface area contributed by atoms with E-state index in [0.717, 1.165) is 6.42 Å². The van der Waals surface area contributed by atoms with Crippen LogP contribution in [0.5, 0.6) is 0 Å². The first-order chi connectivity index (χ1) is 3.72. The number of alkyl halides is 1. The van der Waals surface area contributed by atoms with E-state index >= 15 is 0 Å². The van der Waals surface area contributed by atoms with Crippen LogP contribution in [-0.4, -0.2) is 12.0 Å². The molecular formula is C6H9FO. The molecule has 1 saturated carbocycles. The molecule has 0 N–H and O–H groups in total. The minimum absolute atomic E-state index is 0.0231. The zero-order valence-corrected chi connectivity index (χ0v) is 4.86. The van der Waals surface area contributed by atoms with Gasteiger partial charge in [0.2, 0.25) is 0 Å². The number of rotatable bonds is 0. The van der Waals surface area contributed by atoms with E-state index in [1.54, 1.807) is 6.92 Å². The topological polar surface area (TPSA) is 17.1 Å². The quantitative estimate of drug-likeness (QED) is 0.466. The summed E-state index contributed by atoms with van der Waals surface area (Å²) in [7, 11) is 0. The Balaban J connectivity index is 2.57. The lowest BCUT2D eigenvalue weighted by Gasteiger charge is -1.93. The molecule has 0 aromatic heterocycles. The number of hydrogen-bond acceptors (Lipinski definition) is 1. The van der Waals surface area contributed by atoms with Crippen molar-refractivity contribution < 1.29 is 9.18 Å². The zero-order chi connectivity index (χ0) is 6.15. The van der Waals surface area contributed by atoms with Gasteiger partial charge in [0.25, 0.3) is 0 Å². The molecule has 8 heavy (non-hydrogen) atoms. The zero-order valence-electron chi connectivity index (χ0n) is 4.86. The molecule has 0 bridgehead atoms. The highest BCUT2D eigenvalue weighted by molar-refractivity contribution is 5.86. The summed E-state index contributed by atoms with van der Waals surface area (Å²) >= 11 is 0. The van der Waals surface area contributed by atoms with Crippen molar-refractivity contribution in [3.63, 3.8) is 0 Å². The standard InChI is InChI=1S/C6H9FO/c1-4-2-3-5(7)6(4)8/h4-5H,2-3H2,1H3. The SMILES string of the molecule is CC1CCC(F)C1=O. The van der Waals surface area contributed by atoms with Crippen LogP contribution in [0.3, 0.4) is 0 Å². The van der Waals surface area contributed by atoms with Crippen molar-refractivity contribution in [3.8, 4) is 0 Å². The van der Waals surface area contributed by atoms with Crippen LogP contribution in [0, 0.1) is 5.92 Å². The third-order valence-corrected chi connectivity index (χ3v) is 1.65. The minimum atomic E-state index is -1.15. The molecule has 0 radical (unpaired) electrons. The minimum Gasteiger partial charge on any atom is -0.296 e. The van der Waals surface area contributed by atoms with Crippen LogP contribution in [0.15, 0.2) is 0 Å². The molecule has 1 nitrogen and oxygen atoms in total. The molecule has 0 aromatic carbocycles. The largest absolute Gasteiger partial charge is 0.296 e. The molecule has 0 amide bonds. The lowest BCUT2D eigenvalue weighted by atomic mass is 10.1. The summed E-state index contributed by atoms with van der Waals surface area (Å²) in [6.45, 7) is 1.78. The number of Topliss-reactive ketones (excluding diaryl/α,β-unsaturated/α-hetero) is 1. The van der Waals surface area contributed by atoms with Gasteiger partial charge in [-0.05, 0) is 12.8 Å². The summed E-state index contributed by atoms with van der Waals surface area (Å²) in [6.07, 6.45) is 0.0324. The average Bonchev–Trinajstić information content (AvgIpc) is 1.98. The molecular weight excluding hydrogens is 107 g/mol. The number of halogens is 1. The van der Waals surface area contributed by atoms with E-state index in [2.05, 4.69) is 0 Å². The van der Waals surface area contributed by atoms with Gasteiger partial charge in [0.05, 0.1) is 0 Å². The van der Waals surface area contributed by atoms with Gasteiger partial charge in [-0.1, -0.05) is 6.92 Å². The molecule has 0 aromatic rings. The van der Waals surface area contributed by atoms with Crippen LogP contribution >= 0.6 is 0 Å². The summed E-state index contributed by atoms with van der Waals surface area (Å²) in [4.78, 5) is 10.5. The highest BCUT2D eigenvalue weighted by Crippen LogP contribution is 2.22. The van der Waals surface area contributed by atoms with Gasteiger partial charge in [0.15, 0.2) is 12.0 Å². The van der Waals surface area contributed by atoms with E-state index in [-0.39, 0.29) is 11.7 Å². The van der Waals surface area contributed by atoms with Crippen LogP contribution in [0.25, 0.3) is 0 Å². The number of hydrogen-bond donors (Lipinski definition) is 0. The molecule has 0 heterocycles. The normalized spacial score (nSPS) is 38.5. The van der Waals surface area contributed by atoms with Crippen LogP contribution in [0.1, 0.15) is 19.8 Å². The smallest absolute Gasteiger partial charge is 0.169 e. The second-order valence-electron chi connectivity index (χ2n) is 2.35. The maximum Gasteiger partial charge on any atom is 0.169 e. The first-order valence-corrected chi connectivity index (χ1v) is 2.89.